The first-order chi connectivity index (χ1) is 13.5. The second-order valence-corrected chi connectivity index (χ2v) is 7.05. The minimum absolute atomic E-state index is 0.0916. The van der Waals surface area contributed by atoms with Crippen LogP contribution in [0.4, 0.5) is 4.39 Å². The molecule has 0 saturated heterocycles. The average molecular weight is 401 g/mol. The molecule has 0 radical (unpaired) electrons. The van der Waals surface area contributed by atoms with Gasteiger partial charge in [-0.2, -0.15) is 0 Å². The van der Waals surface area contributed by atoms with E-state index in [1.165, 1.54) is 23.9 Å². The highest BCUT2D eigenvalue weighted by Gasteiger charge is 2.19. The minimum atomic E-state index is -0.301. The number of halogens is 1. The first-order valence-electron chi connectivity index (χ1n) is 8.60. The predicted octanol–water partition coefficient (Wildman–Crippen LogP) is 4.20. The zero-order valence-electron chi connectivity index (χ0n) is 15.8. The smallest absolute Gasteiger partial charge is 0.277 e. The molecule has 0 fully saturated rings. The molecular formula is C20H20FN3O3S. The van der Waals surface area contributed by atoms with Gasteiger partial charge in [0.2, 0.25) is 11.8 Å². The summed E-state index contributed by atoms with van der Waals surface area (Å²) in [4.78, 5) is 14.1. The van der Waals surface area contributed by atoms with Gasteiger partial charge in [0.15, 0.2) is 0 Å². The van der Waals surface area contributed by atoms with Crippen LogP contribution < -0.4 is 4.74 Å². The van der Waals surface area contributed by atoms with Gasteiger partial charge in [-0.05, 0) is 48.9 Å². The lowest BCUT2D eigenvalue weighted by Gasteiger charge is -2.25. The Bertz CT molecular complexity index is 929. The number of hydrogen-bond donors (Lipinski definition) is 0. The largest absolute Gasteiger partial charge is 0.497 e. The molecule has 1 aromatic heterocycles. The molecule has 28 heavy (non-hydrogen) atoms. The van der Waals surface area contributed by atoms with Crippen LogP contribution in [0.25, 0.3) is 11.5 Å². The van der Waals surface area contributed by atoms with E-state index >= 15 is 0 Å². The molecule has 8 heteroatoms. The predicted molar refractivity (Wildman–Crippen MR) is 105 cm³/mol. The molecule has 146 valence electrons. The van der Waals surface area contributed by atoms with E-state index in [1.807, 2.05) is 31.2 Å². The van der Waals surface area contributed by atoms with E-state index in [0.29, 0.717) is 11.1 Å². The topological polar surface area (TPSA) is 68.5 Å². The van der Waals surface area contributed by atoms with Crippen molar-refractivity contribution in [2.45, 2.75) is 18.2 Å². The molecule has 0 aliphatic carbocycles. The monoisotopic (exact) mass is 401 g/mol. The highest BCUT2D eigenvalue weighted by atomic mass is 32.2. The van der Waals surface area contributed by atoms with Crippen molar-refractivity contribution in [1.29, 1.82) is 0 Å². The molecule has 3 rings (SSSR count). The van der Waals surface area contributed by atoms with Gasteiger partial charge in [-0.15, -0.1) is 10.2 Å². The van der Waals surface area contributed by atoms with Crippen molar-refractivity contribution in [3.63, 3.8) is 0 Å². The Balaban J connectivity index is 1.58. The van der Waals surface area contributed by atoms with E-state index in [4.69, 9.17) is 9.15 Å². The fourth-order valence-corrected chi connectivity index (χ4v) is 3.21. The number of benzene rings is 2. The van der Waals surface area contributed by atoms with Crippen molar-refractivity contribution >= 4 is 17.7 Å². The van der Waals surface area contributed by atoms with Crippen LogP contribution in [0.1, 0.15) is 18.5 Å². The molecule has 1 unspecified atom stereocenters. The number of methoxy groups -OCH3 is 1. The highest BCUT2D eigenvalue weighted by molar-refractivity contribution is 7.99. The molecule has 0 spiro atoms. The van der Waals surface area contributed by atoms with E-state index < -0.39 is 0 Å². The van der Waals surface area contributed by atoms with Gasteiger partial charge in [-0.25, -0.2) is 4.39 Å². The number of aromatic nitrogens is 2. The Hall–Kier alpha value is -2.87. The maximum atomic E-state index is 13.1. The number of ether oxygens (including phenoxy) is 1. The molecule has 3 aromatic rings. The zero-order chi connectivity index (χ0) is 20.1. The van der Waals surface area contributed by atoms with Crippen molar-refractivity contribution in [3.05, 3.63) is 59.9 Å². The molecule has 6 nitrogen and oxygen atoms in total. The summed E-state index contributed by atoms with van der Waals surface area (Å²) in [6, 6.07) is 13.2. The summed E-state index contributed by atoms with van der Waals surface area (Å²) in [7, 11) is 3.31. The van der Waals surface area contributed by atoms with Crippen LogP contribution in [0.15, 0.2) is 58.2 Å². The first-order valence-corrected chi connectivity index (χ1v) is 9.58. The van der Waals surface area contributed by atoms with Gasteiger partial charge in [-0.3, -0.25) is 4.79 Å². The molecule has 1 atom stereocenters. The molecule has 0 aliphatic heterocycles. The first kappa shape index (κ1) is 19.9. The van der Waals surface area contributed by atoms with Crippen molar-refractivity contribution in [3.8, 4) is 17.2 Å². The molecule has 2 aromatic carbocycles. The van der Waals surface area contributed by atoms with E-state index in [9.17, 15) is 9.18 Å². The third-order valence-electron chi connectivity index (χ3n) is 4.39. The molecule has 1 amide bonds. The second-order valence-electron chi connectivity index (χ2n) is 6.12. The van der Waals surface area contributed by atoms with Crippen LogP contribution in [0.2, 0.25) is 0 Å². The molecule has 1 heterocycles. The maximum Gasteiger partial charge on any atom is 0.277 e. The van der Waals surface area contributed by atoms with Crippen LogP contribution in [0.3, 0.4) is 0 Å². The van der Waals surface area contributed by atoms with Gasteiger partial charge < -0.3 is 14.1 Å². The third kappa shape index (κ3) is 4.69. The van der Waals surface area contributed by atoms with Crippen molar-refractivity contribution < 1.29 is 18.3 Å². The van der Waals surface area contributed by atoms with E-state index in [0.717, 1.165) is 16.9 Å². The van der Waals surface area contributed by atoms with Crippen LogP contribution in [0, 0.1) is 5.82 Å². The standard InChI is InChI=1S/C20H20FN3O3S/c1-13(14-4-8-16(21)9-5-14)24(2)18(25)12-28-20-23-22-19(27-20)15-6-10-17(26-3)11-7-15/h4-11,13H,12H2,1-3H3. The zero-order valence-corrected chi connectivity index (χ0v) is 16.6. The van der Waals surface area contributed by atoms with Crippen LogP contribution in [-0.2, 0) is 4.79 Å². The number of amides is 1. The Kier molecular flexibility index (Phi) is 6.30. The van der Waals surface area contributed by atoms with Crippen molar-refractivity contribution in [1.82, 2.24) is 15.1 Å². The van der Waals surface area contributed by atoms with Gasteiger partial charge in [-0.1, -0.05) is 23.9 Å². The van der Waals surface area contributed by atoms with Gasteiger partial charge in [0.05, 0.1) is 18.9 Å². The van der Waals surface area contributed by atoms with Crippen molar-refractivity contribution in [2.24, 2.45) is 0 Å². The fraction of sp³-hybridized carbons (Fsp3) is 0.250. The Morgan fingerprint density at radius 3 is 2.50 bits per heavy atom. The fourth-order valence-electron chi connectivity index (χ4n) is 2.52. The average Bonchev–Trinajstić information content (AvgIpc) is 3.20. The van der Waals surface area contributed by atoms with Gasteiger partial charge >= 0.3 is 0 Å². The molecule has 0 aliphatic rings. The SMILES string of the molecule is COc1ccc(-c2nnc(SCC(=O)N(C)C(C)c3ccc(F)cc3)o2)cc1. The minimum Gasteiger partial charge on any atom is -0.497 e. The Morgan fingerprint density at radius 1 is 1.18 bits per heavy atom. The number of hydrogen-bond acceptors (Lipinski definition) is 6. The lowest BCUT2D eigenvalue weighted by Crippen LogP contribution is -2.31. The Morgan fingerprint density at radius 2 is 1.86 bits per heavy atom. The van der Waals surface area contributed by atoms with E-state index in [-0.39, 0.29) is 23.5 Å². The van der Waals surface area contributed by atoms with Crippen LogP contribution >= 0.6 is 11.8 Å². The molecular weight excluding hydrogens is 381 g/mol. The van der Waals surface area contributed by atoms with Gasteiger partial charge in [0, 0.05) is 12.6 Å². The molecule has 0 bridgehead atoms. The maximum absolute atomic E-state index is 13.1. The summed E-state index contributed by atoms with van der Waals surface area (Å²) in [5.74, 6) is 0.884. The summed E-state index contributed by atoms with van der Waals surface area (Å²) in [5.41, 5.74) is 1.63. The molecule has 0 N–H and O–H groups in total. The van der Waals surface area contributed by atoms with Crippen LogP contribution in [0.5, 0.6) is 5.75 Å². The van der Waals surface area contributed by atoms with E-state index in [2.05, 4.69) is 10.2 Å². The summed E-state index contributed by atoms with van der Waals surface area (Å²) >= 11 is 1.18. The van der Waals surface area contributed by atoms with E-state index in [1.54, 1.807) is 31.2 Å². The number of carbonyl (C=O) groups excluding carboxylic acids is 1. The number of carbonyl (C=O) groups is 1. The molecule has 0 saturated carbocycles. The summed E-state index contributed by atoms with van der Waals surface area (Å²) in [6.07, 6.45) is 0. The second kappa shape index (κ2) is 8.88. The van der Waals surface area contributed by atoms with Crippen molar-refractivity contribution in [2.75, 3.05) is 19.9 Å². The number of nitrogens with zero attached hydrogens (tertiary/aromatic N) is 3. The van der Waals surface area contributed by atoms with Gasteiger partial charge in [0.25, 0.3) is 5.22 Å². The number of rotatable bonds is 7. The lowest BCUT2D eigenvalue weighted by molar-refractivity contribution is -0.128. The highest BCUT2D eigenvalue weighted by Crippen LogP contribution is 2.26. The quantitative estimate of drug-likeness (QED) is 0.553. The summed E-state index contributed by atoms with van der Waals surface area (Å²) < 4.78 is 23.8. The summed E-state index contributed by atoms with van der Waals surface area (Å²) in [6.45, 7) is 1.89. The van der Waals surface area contributed by atoms with Gasteiger partial charge in [0.1, 0.15) is 11.6 Å². The number of thioether (sulfide) groups is 1. The third-order valence-corrected chi connectivity index (χ3v) is 5.19. The summed E-state index contributed by atoms with van der Waals surface area (Å²) in [5, 5.41) is 8.32. The normalized spacial score (nSPS) is 11.9. The lowest BCUT2D eigenvalue weighted by atomic mass is 10.1. The Labute approximate surface area is 166 Å². The van der Waals surface area contributed by atoms with Crippen LogP contribution in [-0.4, -0.2) is 40.9 Å².